The van der Waals surface area contributed by atoms with Crippen molar-refractivity contribution >= 4 is 23.7 Å². The van der Waals surface area contributed by atoms with Crippen LogP contribution in [-0.4, -0.2) is 29.3 Å². The zero-order valence-electron chi connectivity index (χ0n) is 17.3. The molecule has 0 spiro atoms. The third-order valence-electron chi connectivity index (χ3n) is 4.56. The predicted molar refractivity (Wildman–Crippen MR) is 122 cm³/mol. The van der Waals surface area contributed by atoms with Gasteiger partial charge in [-0.05, 0) is 44.0 Å². The van der Waals surface area contributed by atoms with Crippen LogP contribution in [0.3, 0.4) is 0 Å². The van der Waals surface area contributed by atoms with Crippen LogP contribution >= 0.6 is 0 Å². The molecule has 0 atom stereocenters. The Balaban J connectivity index is 1.60. The van der Waals surface area contributed by atoms with Gasteiger partial charge < -0.3 is 10.2 Å². The molecule has 0 amide bonds. The summed E-state index contributed by atoms with van der Waals surface area (Å²) in [6.07, 6.45) is 1.79. The normalized spacial score (nSPS) is 10.9. The molecule has 0 bridgehead atoms. The molecule has 3 aromatic rings. The first-order valence-electron chi connectivity index (χ1n) is 9.95. The van der Waals surface area contributed by atoms with Gasteiger partial charge in [0, 0.05) is 37.1 Å². The molecule has 29 heavy (non-hydrogen) atoms. The maximum absolute atomic E-state index is 4.49. The van der Waals surface area contributed by atoms with E-state index in [1.54, 1.807) is 6.21 Å². The number of anilines is 3. The van der Waals surface area contributed by atoms with E-state index >= 15 is 0 Å². The summed E-state index contributed by atoms with van der Waals surface area (Å²) in [5, 5.41) is 7.58. The Labute approximate surface area is 172 Å². The lowest BCUT2D eigenvalue weighted by Crippen LogP contribution is -2.21. The first kappa shape index (κ1) is 20.3. The van der Waals surface area contributed by atoms with Gasteiger partial charge >= 0.3 is 0 Å². The van der Waals surface area contributed by atoms with Gasteiger partial charge in [-0.3, -0.25) is 5.43 Å². The number of hydrogen-bond donors (Lipinski definition) is 2. The Morgan fingerprint density at radius 2 is 1.69 bits per heavy atom. The van der Waals surface area contributed by atoms with Crippen LogP contribution in [0.15, 0.2) is 65.8 Å². The first-order valence-corrected chi connectivity index (χ1v) is 9.95. The summed E-state index contributed by atoms with van der Waals surface area (Å²) >= 11 is 0. The number of aromatic nitrogens is 2. The van der Waals surface area contributed by atoms with Crippen LogP contribution in [0.25, 0.3) is 0 Å². The van der Waals surface area contributed by atoms with E-state index in [2.05, 4.69) is 81.0 Å². The van der Waals surface area contributed by atoms with E-state index in [4.69, 9.17) is 0 Å². The lowest BCUT2D eigenvalue weighted by molar-refractivity contribution is 0.866. The lowest BCUT2D eigenvalue weighted by Gasteiger charge is -2.20. The van der Waals surface area contributed by atoms with Crippen LogP contribution in [0, 0.1) is 6.92 Å². The molecule has 2 aromatic carbocycles. The average molecular weight is 389 g/mol. The molecule has 6 nitrogen and oxygen atoms in total. The molecule has 6 heteroatoms. The number of nitrogens with one attached hydrogen (secondary N) is 2. The summed E-state index contributed by atoms with van der Waals surface area (Å²) in [6, 6.07) is 20.4. The van der Waals surface area contributed by atoms with Crippen molar-refractivity contribution in [2.24, 2.45) is 5.10 Å². The van der Waals surface area contributed by atoms with Crippen molar-refractivity contribution < 1.29 is 0 Å². The minimum Gasteiger partial charge on any atom is -0.372 e. The molecule has 0 saturated carbocycles. The van der Waals surface area contributed by atoms with Crippen LogP contribution in [0.5, 0.6) is 0 Å². The second-order valence-corrected chi connectivity index (χ2v) is 6.69. The van der Waals surface area contributed by atoms with Gasteiger partial charge in [0.1, 0.15) is 0 Å². The van der Waals surface area contributed by atoms with Gasteiger partial charge in [-0.25, -0.2) is 4.98 Å². The molecule has 0 aliphatic heterocycles. The summed E-state index contributed by atoms with van der Waals surface area (Å²) in [6.45, 7) is 8.94. The van der Waals surface area contributed by atoms with Crippen molar-refractivity contribution in [1.29, 1.82) is 0 Å². The highest BCUT2D eigenvalue weighted by atomic mass is 15.3. The molecule has 1 heterocycles. The molecule has 3 rings (SSSR count). The van der Waals surface area contributed by atoms with Gasteiger partial charge in [0.25, 0.3) is 0 Å². The Morgan fingerprint density at radius 3 is 2.38 bits per heavy atom. The predicted octanol–water partition coefficient (Wildman–Crippen LogP) is 4.69. The smallest absolute Gasteiger partial charge is 0.225 e. The van der Waals surface area contributed by atoms with E-state index in [0.717, 1.165) is 24.3 Å². The van der Waals surface area contributed by atoms with Crippen molar-refractivity contribution in [3.63, 3.8) is 0 Å². The van der Waals surface area contributed by atoms with E-state index in [0.29, 0.717) is 18.3 Å². The van der Waals surface area contributed by atoms with Gasteiger partial charge in [-0.15, -0.1) is 0 Å². The Hall–Kier alpha value is -3.41. The highest BCUT2D eigenvalue weighted by molar-refractivity contribution is 5.80. The highest BCUT2D eigenvalue weighted by Crippen LogP contribution is 2.14. The molecule has 0 aliphatic carbocycles. The number of benzene rings is 2. The number of aryl methyl sites for hydroxylation is 1. The molecule has 1 aromatic heterocycles. The summed E-state index contributed by atoms with van der Waals surface area (Å²) in [5.74, 6) is 1.24. The maximum Gasteiger partial charge on any atom is 0.225 e. The van der Waals surface area contributed by atoms with Gasteiger partial charge in [-0.2, -0.15) is 10.1 Å². The van der Waals surface area contributed by atoms with Crippen LogP contribution in [0.1, 0.15) is 30.7 Å². The van der Waals surface area contributed by atoms with Crippen LogP contribution in [0.4, 0.5) is 17.5 Å². The fourth-order valence-electron chi connectivity index (χ4n) is 3.01. The largest absolute Gasteiger partial charge is 0.372 e. The number of rotatable bonds is 9. The lowest BCUT2D eigenvalue weighted by atomic mass is 10.2. The van der Waals surface area contributed by atoms with E-state index in [1.807, 2.05) is 31.2 Å². The number of hydrogen-bond acceptors (Lipinski definition) is 6. The van der Waals surface area contributed by atoms with Gasteiger partial charge in [0.05, 0.1) is 6.21 Å². The standard InChI is InChI=1S/C23H28N6/c1-4-29(5-2)21-13-11-20(12-14-21)17-25-28-22-15-18(3)26-23(27-22)24-16-19-9-7-6-8-10-19/h6-15,17H,4-5,16H2,1-3H3,(H2,24,26,27,28). The highest BCUT2D eigenvalue weighted by Gasteiger charge is 2.03. The Kier molecular flexibility index (Phi) is 7.16. The Bertz CT molecular complexity index is 918. The van der Waals surface area contributed by atoms with Gasteiger partial charge in [0.15, 0.2) is 5.82 Å². The van der Waals surface area contributed by atoms with Crippen molar-refractivity contribution in [2.75, 3.05) is 28.7 Å². The van der Waals surface area contributed by atoms with Crippen LogP contribution < -0.4 is 15.6 Å². The fourth-order valence-corrected chi connectivity index (χ4v) is 3.01. The minimum absolute atomic E-state index is 0.579. The zero-order valence-corrected chi connectivity index (χ0v) is 17.3. The average Bonchev–Trinajstić information content (AvgIpc) is 2.75. The second kappa shape index (κ2) is 10.2. The van der Waals surface area contributed by atoms with E-state index < -0.39 is 0 Å². The Morgan fingerprint density at radius 1 is 0.966 bits per heavy atom. The third kappa shape index (κ3) is 6.04. The zero-order chi connectivity index (χ0) is 20.5. The third-order valence-corrected chi connectivity index (χ3v) is 4.56. The summed E-state index contributed by atoms with van der Waals surface area (Å²) < 4.78 is 0. The molecule has 0 unspecified atom stereocenters. The van der Waals surface area contributed by atoms with Crippen molar-refractivity contribution in [1.82, 2.24) is 9.97 Å². The van der Waals surface area contributed by atoms with Crippen LogP contribution in [0.2, 0.25) is 0 Å². The van der Waals surface area contributed by atoms with Crippen molar-refractivity contribution in [3.05, 3.63) is 77.5 Å². The van der Waals surface area contributed by atoms with Crippen LogP contribution in [-0.2, 0) is 6.54 Å². The molecule has 2 N–H and O–H groups in total. The monoisotopic (exact) mass is 388 g/mol. The summed E-state index contributed by atoms with van der Waals surface area (Å²) in [4.78, 5) is 11.2. The van der Waals surface area contributed by atoms with Gasteiger partial charge in [0.2, 0.25) is 5.95 Å². The SMILES string of the molecule is CCN(CC)c1ccc(C=NNc2cc(C)nc(NCc3ccccc3)n2)cc1. The quantitative estimate of drug-likeness (QED) is 0.411. The topological polar surface area (TPSA) is 65.4 Å². The van der Waals surface area contributed by atoms with Crippen molar-refractivity contribution in [3.8, 4) is 0 Å². The van der Waals surface area contributed by atoms with E-state index in [1.165, 1.54) is 11.3 Å². The molecule has 0 saturated heterocycles. The maximum atomic E-state index is 4.49. The van der Waals surface area contributed by atoms with E-state index in [9.17, 15) is 0 Å². The molecular formula is C23H28N6. The first-order chi connectivity index (χ1) is 14.2. The molecule has 150 valence electrons. The molecule has 0 aliphatic rings. The molecule has 0 radical (unpaired) electrons. The summed E-state index contributed by atoms with van der Waals surface area (Å²) in [5.41, 5.74) is 7.30. The molecule has 0 fully saturated rings. The summed E-state index contributed by atoms with van der Waals surface area (Å²) in [7, 11) is 0. The second-order valence-electron chi connectivity index (χ2n) is 6.69. The minimum atomic E-state index is 0.579. The molecular weight excluding hydrogens is 360 g/mol. The number of hydrazone groups is 1. The van der Waals surface area contributed by atoms with E-state index in [-0.39, 0.29) is 0 Å². The number of nitrogens with zero attached hydrogens (tertiary/aromatic N) is 4. The van der Waals surface area contributed by atoms with Gasteiger partial charge in [-0.1, -0.05) is 42.5 Å². The fraction of sp³-hybridized carbons (Fsp3) is 0.261. The van der Waals surface area contributed by atoms with Crippen molar-refractivity contribution in [2.45, 2.75) is 27.3 Å².